The Bertz CT molecular complexity index is 235. The summed E-state index contributed by atoms with van der Waals surface area (Å²) in [6, 6.07) is 6.09. The van der Waals surface area contributed by atoms with E-state index in [1.165, 1.54) is 5.69 Å². The zero-order valence-electron chi connectivity index (χ0n) is 7.24. The first-order valence-electron chi connectivity index (χ1n) is 3.73. The van der Waals surface area contributed by atoms with E-state index >= 15 is 0 Å². The van der Waals surface area contributed by atoms with E-state index in [-0.39, 0.29) is 6.10 Å². The fourth-order valence-electron chi connectivity index (χ4n) is 1.08. The van der Waals surface area contributed by atoms with Crippen molar-refractivity contribution in [3.05, 3.63) is 30.1 Å². The Hall–Kier alpha value is -0.890. The minimum Gasteiger partial charge on any atom is -0.371 e. The second-order valence-electron chi connectivity index (χ2n) is 2.61. The van der Waals surface area contributed by atoms with Gasteiger partial charge in [0.05, 0.1) is 0 Å². The van der Waals surface area contributed by atoms with E-state index in [9.17, 15) is 0 Å². The molecule has 0 N–H and O–H groups in total. The number of hydrogen-bond acceptors (Lipinski definition) is 1. The molecule has 1 heterocycles. The van der Waals surface area contributed by atoms with Crippen LogP contribution in [0.5, 0.6) is 0 Å². The molecule has 1 unspecified atom stereocenters. The molecule has 2 heteroatoms. The van der Waals surface area contributed by atoms with Crippen molar-refractivity contribution < 1.29 is 9.30 Å². The first kappa shape index (κ1) is 8.21. The molecule has 0 fully saturated rings. The molecule has 0 spiro atoms. The van der Waals surface area contributed by atoms with Crippen molar-refractivity contribution in [2.75, 3.05) is 7.11 Å². The van der Waals surface area contributed by atoms with Crippen LogP contribution in [0.25, 0.3) is 0 Å². The second kappa shape index (κ2) is 3.49. The quantitative estimate of drug-likeness (QED) is 0.581. The second-order valence-corrected chi connectivity index (χ2v) is 2.61. The Morgan fingerprint density at radius 1 is 1.45 bits per heavy atom. The smallest absolute Gasteiger partial charge is 0.209 e. The maximum atomic E-state index is 5.20. The summed E-state index contributed by atoms with van der Waals surface area (Å²) in [6.07, 6.45) is 2.19. The van der Waals surface area contributed by atoms with Crippen LogP contribution in [-0.4, -0.2) is 7.11 Å². The lowest BCUT2D eigenvalue weighted by Crippen LogP contribution is -2.34. The molecule has 0 aliphatic rings. The van der Waals surface area contributed by atoms with Crippen LogP contribution < -0.4 is 4.57 Å². The molecule has 1 rings (SSSR count). The van der Waals surface area contributed by atoms with Crippen molar-refractivity contribution in [2.45, 2.75) is 13.0 Å². The Labute approximate surface area is 67.4 Å². The predicted molar refractivity (Wildman–Crippen MR) is 43.0 cm³/mol. The highest BCUT2D eigenvalue weighted by Crippen LogP contribution is 2.09. The van der Waals surface area contributed by atoms with Gasteiger partial charge in [-0.05, 0) is 6.92 Å². The topological polar surface area (TPSA) is 13.1 Å². The molecule has 0 radical (unpaired) electrons. The molecule has 0 aromatic carbocycles. The van der Waals surface area contributed by atoms with Crippen LogP contribution in [0, 0.1) is 0 Å². The van der Waals surface area contributed by atoms with E-state index in [2.05, 4.69) is 10.6 Å². The van der Waals surface area contributed by atoms with Crippen LogP contribution in [0.2, 0.25) is 0 Å². The SMILES string of the molecule is COC(C)c1cccc[n+]1C. The standard InChI is InChI=1S/C9H14NO/c1-8(11-3)9-6-4-5-7-10(9)2/h4-8H,1-3H3/q+1. The van der Waals surface area contributed by atoms with Crippen LogP contribution in [-0.2, 0) is 11.8 Å². The number of methoxy groups -OCH3 is 1. The van der Waals surface area contributed by atoms with E-state index in [1.807, 2.05) is 32.3 Å². The summed E-state index contributed by atoms with van der Waals surface area (Å²) in [5.41, 5.74) is 1.19. The molecular weight excluding hydrogens is 138 g/mol. The maximum absolute atomic E-state index is 5.20. The molecule has 0 saturated heterocycles. The molecule has 1 aromatic heterocycles. The molecule has 1 aromatic rings. The molecule has 11 heavy (non-hydrogen) atoms. The van der Waals surface area contributed by atoms with Gasteiger partial charge in [0, 0.05) is 19.2 Å². The van der Waals surface area contributed by atoms with Gasteiger partial charge < -0.3 is 4.74 Å². The van der Waals surface area contributed by atoms with Gasteiger partial charge in [0.1, 0.15) is 13.2 Å². The average molecular weight is 152 g/mol. The van der Waals surface area contributed by atoms with E-state index < -0.39 is 0 Å². The van der Waals surface area contributed by atoms with Gasteiger partial charge in [-0.25, -0.2) is 4.57 Å². The van der Waals surface area contributed by atoms with Gasteiger partial charge in [0.2, 0.25) is 5.69 Å². The highest BCUT2D eigenvalue weighted by molar-refractivity contribution is 4.99. The molecule has 0 amide bonds. The first-order valence-corrected chi connectivity index (χ1v) is 3.73. The van der Waals surface area contributed by atoms with Crippen LogP contribution in [0.4, 0.5) is 0 Å². The number of aromatic nitrogens is 1. The molecule has 0 bridgehead atoms. The minimum atomic E-state index is 0.168. The largest absolute Gasteiger partial charge is 0.371 e. The van der Waals surface area contributed by atoms with Crippen LogP contribution in [0.1, 0.15) is 18.7 Å². The summed E-state index contributed by atoms with van der Waals surface area (Å²) in [6.45, 7) is 2.04. The highest BCUT2D eigenvalue weighted by atomic mass is 16.5. The van der Waals surface area contributed by atoms with Gasteiger partial charge in [-0.3, -0.25) is 0 Å². The van der Waals surface area contributed by atoms with Crippen LogP contribution >= 0.6 is 0 Å². The third-order valence-electron chi connectivity index (χ3n) is 1.87. The van der Waals surface area contributed by atoms with Crippen molar-refractivity contribution >= 4 is 0 Å². The molecule has 0 aliphatic carbocycles. The third-order valence-corrected chi connectivity index (χ3v) is 1.87. The van der Waals surface area contributed by atoms with E-state index in [0.29, 0.717) is 0 Å². The summed E-state index contributed by atoms with van der Waals surface area (Å²) in [4.78, 5) is 0. The summed E-state index contributed by atoms with van der Waals surface area (Å²) >= 11 is 0. The number of rotatable bonds is 2. The Morgan fingerprint density at radius 2 is 2.18 bits per heavy atom. The van der Waals surface area contributed by atoms with Crippen LogP contribution in [0.15, 0.2) is 24.4 Å². The maximum Gasteiger partial charge on any atom is 0.209 e. The van der Waals surface area contributed by atoms with Gasteiger partial charge in [0.15, 0.2) is 6.20 Å². The number of nitrogens with zero attached hydrogens (tertiary/aromatic N) is 1. The number of ether oxygens (including phenoxy) is 1. The zero-order chi connectivity index (χ0) is 8.27. The summed E-state index contributed by atoms with van der Waals surface area (Å²) < 4.78 is 7.26. The molecule has 2 nitrogen and oxygen atoms in total. The van der Waals surface area contributed by atoms with Gasteiger partial charge in [-0.15, -0.1) is 0 Å². The van der Waals surface area contributed by atoms with Crippen molar-refractivity contribution in [2.24, 2.45) is 7.05 Å². The van der Waals surface area contributed by atoms with E-state index in [1.54, 1.807) is 7.11 Å². The fraction of sp³-hybridized carbons (Fsp3) is 0.444. The van der Waals surface area contributed by atoms with E-state index in [0.717, 1.165) is 0 Å². The van der Waals surface area contributed by atoms with Gasteiger partial charge in [-0.1, -0.05) is 6.07 Å². The monoisotopic (exact) mass is 152 g/mol. The van der Waals surface area contributed by atoms with Gasteiger partial charge >= 0.3 is 0 Å². The minimum absolute atomic E-state index is 0.168. The number of pyridine rings is 1. The third kappa shape index (κ3) is 1.77. The Kier molecular flexibility index (Phi) is 2.60. The van der Waals surface area contributed by atoms with Gasteiger partial charge in [0.25, 0.3) is 0 Å². The van der Waals surface area contributed by atoms with Gasteiger partial charge in [-0.2, -0.15) is 0 Å². The highest BCUT2D eigenvalue weighted by Gasteiger charge is 2.12. The fourth-order valence-corrected chi connectivity index (χ4v) is 1.08. The average Bonchev–Trinajstić information content (AvgIpc) is 2.04. The summed E-state index contributed by atoms with van der Waals surface area (Å²) in [5.74, 6) is 0. The molecule has 0 saturated carbocycles. The van der Waals surface area contributed by atoms with Crippen molar-refractivity contribution in [1.29, 1.82) is 0 Å². The molecule has 0 aliphatic heterocycles. The van der Waals surface area contributed by atoms with Crippen molar-refractivity contribution in [3.63, 3.8) is 0 Å². The number of aryl methyl sites for hydroxylation is 1. The van der Waals surface area contributed by atoms with Crippen molar-refractivity contribution in [3.8, 4) is 0 Å². The first-order chi connectivity index (χ1) is 5.25. The van der Waals surface area contributed by atoms with Crippen LogP contribution in [0.3, 0.4) is 0 Å². The Balaban J connectivity index is 2.93. The predicted octanol–water partition coefficient (Wildman–Crippen LogP) is 1.22. The Morgan fingerprint density at radius 3 is 2.73 bits per heavy atom. The lowest BCUT2D eigenvalue weighted by Gasteiger charge is -2.05. The summed E-state index contributed by atoms with van der Waals surface area (Å²) in [5, 5.41) is 0. The molecule has 60 valence electrons. The number of hydrogen-bond donors (Lipinski definition) is 0. The lowest BCUT2D eigenvalue weighted by atomic mass is 10.2. The molecular formula is C9H14NO+. The van der Waals surface area contributed by atoms with E-state index in [4.69, 9.17) is 4.74 Å². The zero-order valence-corrected chi connectivity index (χ0v) is 7.24. The van der Waals surface area contributed by atoms with Crippen molar-refractivity contribution in [1.82, 2.24) is 0 Å². The molecule has 1 atom stereocenters. The lowest BCUT2D eigenvalue weighted by molar-refractivity contribution is -0.682. The summed E-state index contributed by atoms with van der Waals surface area (Å²) in [7, 11) is 3.74. The normalized spacial score (nSPS) is 13.0.